The van der Waals surface area contributed by atoms with E-state index >= 15 is 0 Å². The lowest BCUT2D eigenvalue weighted by Gasteiger charge is -2.23. The molecule has 2 rings (SSSR count). The first-order valence-corrected chi connectivity index (χ1v) is 8.93. The second kappa shape index (κ2) is 4.53. The first kappa shape index (κ1) is 14.4. The minimum absolute atomic E-state index is 0.0662. The van der Waals surface area contributed by atoms with E-state index in [4.69, 9.17) is 0 Å². The Hall–Kier alpha value is -0.990. The summed E-state index contributed by atoms with van der Waals surface area (Å²) in [5.41, 5.74) is -1.08. The zero-order valence-electron chi connectivity index (χ0n) is 10.3. The van der Waals surface area contributed by atoms with Crippen molar-refractivity contribution in [2.45, 2.75) is 23.8 Å². The van der Waals surface area contributed by atoms with Crippen LogP contribution in [0.1, 0.15) is 13.3 Å². The van der Waals surface area contributed by atoms with Gasteiger partial charge in [-0.25, -0.2) is 25.9 Å². The fraction of sp³-hybridized carbons (Fsp3) is 0.455. The van der Waals surface area contributed by atoms with Gasteiger partial charge in [-0.3, -0.25) is 0 Å². The number of nitrogens with one attached hydrogen (secondary N) is 1. The largest absolute Gasteiger partial charge is 0.244 e. The predicted molar refractivity (Wildman–Crippen MR) is 68.4 cm³/mol. The summed E-state index contributed by atoms with van der Waals surface area (Å²) in [5.74, 6) is -1.20. The molecule has 0 aromatic heterocycles. The molecule has 1 aliphatic heterocycles. The molecule has 1 aromatic carbocycles. The van der Waals surface area contributed by atoms with Gasteiger partial charge in [-0.15, -0.1) is 0 Å². The highest BCUT2D eigenvalue weighted by molar-refractivity contribution is 7.92. The smallest absolute Gasteiger partial charge is 0.229 e. The summed E-state index contributed by atoms with van der Waals surface area (Å²) in [6.45, 7) is 1.51. The quantitative estimate of drug-likeness (QED) is 0.890. The molecule has 1 saturated heterocycles. The highest BCUT2D eigenvalue weighted by Gasteiger charge is 2.41. The Labute approximate surface area is 111 Å². The number of halogens is 1. The van der Waals surface area contributed by atoms with Crippen molar-refractivity contribution in [2.75, 3.05) is 11.5 Å². The normalized spacial score (nSPS) is 26.4. The third-order valence-corrected chi connectivity index (χ3v) is 6.58. The van der Waals surface area contributed by atoms with Gasteiger partial charge in [-0.05, 0) is 25.5 Å². The molecule has 1 aliphatic rings. The van der Waals surface area contributed by atoms with Crippen molar-refractivity contribution in [3.05, 3.63) is 30.1 Å². The zero-order valence-corrected chi connectivity index (χ0v) is 11.9. The molecule has 106 valence electrons. The number of sulfone groups is 1. The van der Waals surface area contributed by atoms with Gasteiger partial charge in [0.25, 0.3) is 0 Å². The minimum atomic E-state index is -4.07. The van der Waals surface area contributed by atoms with Gasteiger partial charge in [0.2, 0.25) is 10.0 Å². The van der Waals surface area contributed by atoms with E-state index in [1.54, 1.807) is 0 Å². The van der Waals surface area contributed by atoms with E-state index in [-0.39, 0.29) is 17.9 Å². The summed E-state index contributed by atoms with van der Waals surface area (Å²) in [5, 5.41) is 0. The molecule has 1 aromatic rings. The molecule has 0 aliphatic carbocycles. The van der Waals surface area contributed by atoms with Crippen LogP contribution in [0.25, 0.3) is 0 Å². The molecule has 19 heavy (non-hydrogen) atoms. The summed E-state index contributed by atoms with van der Waals surface area (Å²) < 4.78 is 62.8. The number of sulfonamides is 1. The Balaban J connectivity index is 2.31. The Kier molecular flexibility index (Phi) is 3.44. The lowest BCUT2D eigenvalue weighted by molar-refractivity contribution is 0.458. The van der Waals surface area contributed by atoms with Gasteiger partial charge >= 0.3 is 0 Å². The van der Waals surface area contributed by atoms with E-state index in [0.717, 1.165) is 12.1 Å². The topological polar surface area (TPSA) is 80.3 Å². The third-order valence-electron chi connectivity index (χ3n) is 3.01. The molecule has 1 fully saturated rings. The SMILES string of the molecule is C[C@]1(NS(=O)(=O)c2ccccc2F)CCS(=O)(=O)C1. The van der Waals surface area contributed by atoms with Crippen LogP contribution in [0.15, 0.2) is 29.2 Å². The first-order valence-electron chi connectivity index (χ1n) is 5.63. The number of rotatable bonds is 3. The maximum Gasteiger partial charge on any atom is 0.244 e. The Morgan fingerprint density at radius 1 is 1.32 bits per heavy atom. The lowest BCUT2D eigenvalue weighted by atomic mass is 10.0. The van der Waals surface area contributed by atoms with Crippen LogP contribution in [0.5, 0.6) is 0 Å². The van der Waals surface area contributed by atoms with Crippen LogP contribution < -0.4 is 4.72 Å². The zero-order chi connectivity index (χ0) is 14.3. The van der Waals surface area contributed by atoms with E-state index in [1.165, 1.54) is 19.1 Å². The Morgan fingerprint density at radius 2 is 1.95 bits per heavy atom. The van der Waals surface area contributed by atoms with Crippen LogP contribution in [0.4, 0.5) is 4.39 Å². The van der Waals surface area contributed by atoms with Gasteiger partial charge in [0.1, 0.15) is 10.7 Å². The predicted octanol–water partition coefficient (Wildman–Crippen LogP) is 0.681. The lowest BCUT2D eigenvalue weighted by Crippen LogP contribution is -2.46. The Morgan fingerprint density at radius 3 is 2.47 bits per heavy atom. The average molecular weight is 307 g/mol. The summed E-state index contributed by atoms with van der Waals surface area (Å²) in [7, 11) is -7.31. The van der Waals surface area contributed by atoms with E-state index < -0.39 is 36.1 Å². The molecule has 1 atom stereocenters. The summed E-state index contributed by atoms with van der Waals surface area (Å²) in [4.78, 5) is -0.472. The van der Waals surface area contributed by atoms with Crippen LogP contribution in [0.3, 0.4) is 0 Å². The van der Waals surface area contributed by atoms with Crippen LogP contribution in [-0.2, 0) is 19.9 Å². The van der Waals surface area contributed by atoms with Gasteiger partial charge < -0.3 is 0 Å². The van der Waals surface area contributed by atoms with Crippen LogP contribution in [0, 0.1) is 5.82 Å². The van der Waals surface area contributed by atoms with E-state index in [2.05, 4.69) is 4.72 Å². The van der Waals surface area contributed by atoms with Crippen molar-refractivity contribution in [3.8, 4) is 0 Å². The van der Waals surface area contributed by atoms with Crippen molar-refractivity contribution in [1.82, 2.24) is 4.72 Å². The second-order valence-electron chi connectivity index (χ2n) is 4.94. The number of hydrogen-bond donors (Lipinski definition) is 1. The molecule has 0 bridgehead atoms. The fourth-order valence-corrected chi connectivity index (χ4v) is 5.83. The van der Waals surface area contributed by atoms with Crippen molar-refractivity contribution < 1.29 is 21.2 Å². The van der Waals surface area contributed by atoms with E-state index in [0.29, 0.717) is 0 Å². The highest BCUT2D eigenvalue weighted by atomic mass is 32.2. The fourth-order valence-electron chi connectivity index (χ4n) is 2.13. The van der Waals surface area contributed by atoms with Crippen molar-refractivity contribution in [3.63, 3.8) is 0 Å². The number of benzene rings is 1. The summed E-state index contributed by atoms with van der Waals surface area (Å²) in [6.07, 6.45) is 0.184. The van der Waals surface area contributed by atoms with Crippen LogP contribution in [0.2, 0.25) is 0 Å². The molecule has 8 heteroatoms. The van der Waals surface area contributed by atoms with Crippen molar-refractivity contribution in [1.29, 1.82) is 0 Å². The van der Waals surface area contributed by atoms with Crippen molar-refractivity contribution in [2.24, 2.45) is 0 Å². The first-order chi connectivity index (χ1) is 8.64. The molecular weight excluding hydrogens is 293 g/mol. The maximum absolute atomic E-state index is 13.5. The standard InChI is InChI=1S/C11H14FNO4S2/c1-11(6-7-18(14,15)8-11)13-19(16,17)10-5-3-2-4-9(10)12/h2-5,13H,6-8H2,1H3/t11-/m0/s1. The van der Waals surface area contributed by atoms with Gasteiger partial charge in [0.05, 0.1) is 11.5 Å². The number of hydrogen-bond acceptors (Lipinski definition) is 4. The molecule has 5 nitrogen and oxygen atoms in total. The van der Waals surface area contributed by atoms with Crippen LogP contribution in [-0.4, -0.2) is 33.9 Å². The molecule has 0 spiro atoms. The van der Waals surface area contributed by atoms with Gasteiger partial charge in [-0.2, -0.15) is 0 Å². The second-order valence-corrected chi connectivity index (χ2v) is 8.77. The molecule has 0 saturated carbocycles. The summed E-state index contributed by atoms with van der Waals surface area (Å²) >= 11 is 0. The monoisotopic (exact) mass is 307 g/mol. The molecule has 1 heterocycles. The Bertz CT molecular complexity index is 699. The average Bonchev–Trinajstić information content (AvgIpc) is 2.52. The molecule has 0 amide bonds. The molecular formula is C11H14FNO4S2. The minimum Gasteiger partial charge on any atom is -0.229 e. The van der Waals surface area contributed by atoms with Gasteiger partial charge in [0.15, 0.2) is 9.84 Å². The maximum atomic E-state index is 13.5. The van der Waals surface area contributed by atoms with Crippen LogP contribution >= 0.6 is 0 Å². The van der Waals surface area contributed by atoms with Gasteiger partial charge in [0, 0.05) is 5.54 Å². The molecule has 0 radical (unpaired) electrons. The van der Waals surface area contributed by atoms with E-state index in [1.807, 2.05) is 0 Å². The van der Waals surface area contributed by atoms with Crippen molar-refractivity contribution >= 4 is 19.9 Å². The summed E-state index contributed by atoms with van der Waals surface area (Å²) in [6, 6.07) is 4.98. The molecule has 1 N–H and O–H groups in total. The third kappa shape index (κ3) is 3.13. The van der Waals surface area contributed by atoms with E-state index in [9.17, 15) is 21.2 Å². The highest BCUT2D eigenvalue weighted by Crippen LogP contribution is 2.25. The van der Waals surface area contributed by atoms with Gasteiger partial charge in [-0.1, -0.05) is 12.1 Å². The molecule has 0 unspecified atom stereocenters.